The van der Waals surface area contributed by atoms with E-state index in [0.717, 1.165) is 25.2 Å². The zero-order valence-electron chi connectivity index (χ0n) is 10.3. The number of benzene rings is 1. The Labute approximate surface area is 107 Å². The van der Waals surface area contributed by atoms with Crippen molar-refractivity contribution in [2.24, 2.45) is 5.92 Å². The van der Waals surface area contributed by atoms with Crippen LogP contribution in [-0.4, -0.2) is 37.4 Å². The quantitative estimate of drug-likeness (QED) is 0.683. The molecule has 0 spiro atoms. The van der Waals surface area contributed by atoms with Crippen molar-refractivity contribution in [2.45, 2.75) is 6.10 Å². The molecule has 1 aliphatic rings. The van der Waals surface area contributed by atoms with Gasteiger partial charge in [0.1, 0.15) is 5.82 Å². The normalized spacial score (nSPS) is 23.9. The SMILES string of the molecule is OC1CNCC1CNC/C=C/c1ccc(F)cc1. The summed E-state index contributed by atoms with van der Waals surface area (Å²) in [4.78, 5) is 0. The van der Waals surface area contributed by atoms with Crippen LogP contribution in [0.3, 0.4) is 0 Å². The summed E-state index contributed by atoms with van der Waals surface area (Å²) < 4.78 is 12.7. The summed E-state index contributed by atoms with van der Waals surface area (Å²) in [5.41, 5.74) is 0.987. The van der Waals surface area contributed by atoms with Gasteiger partial charge in [-0.2, -0.15) is 0 Å². The van der Waals surface area contributed by atoms with Crippen molar-refractivity contribution < 1.29 is 9.50 Å². The molecule has 0 saturated carbocycles. The largest absolute Gasteiger partial charge is 0.391 e. The van der Waals surface area contributed by atoms with Crippen molar-refractivity contribution in [1.29, 1.82) is 0 Å². The fraction of sp³-hybridized carbons (Fsp3) is 0.429. The molecule has 1 aliphatic heterocycles. The van der Waals surface area contributed by atoms with E-state index in [2.05, 4.69) is 10.6 Å². The van der Waals surface area contributed by atoms with Gasteiger partial charge < -0.3 is 15.7 Å². The van der Waals surface area contributed by atoms with Crippen LogP contribution in [0, 0.1) is 11.7 Å². The van der Waals surface area contributed by atoms with E-state index in [-0.39, 0.29) is 11.9 Å². The lowest BCUT2D eigenvalue weighted by molar-refractivity contribution is 0.147. The lowest BCUT2D eigenvalue weighted by Crippen LogP contribution is -2.30. The number of aliphatic hydroxyl groups is 1. The standard InChI is InChI=1S/C14H19FN2O/c15-13-5-3-11(4-6-13)2-1-7-16-8-12-9-17-10-14(12)18/h1-6,12,14,16-18H,7-10H2/b2-1+. The van der Waals surface area contributed by atoms with E-state index in [1.54, 1.807) is 12.1 Å². The number of aliphatic hydroxyl groups excluding tert-OH is 1. The Bertz CT molecular complexity index is 391. The van der Waals surface area contributed by atoms with Gasteiger partial charge in [-0.05, 0) is 17.7 Å². The third kappa shape index (κ3) is 3.91. The molecule has 0 amide bonds. The van der Waals surface area contributed by atoms with Gasteiger partial charge in [-0.25, -0.2) is 4.39 Å². The second-order valence-corrected chi connectivity index (χ2v) is 4.60. The monoisotopic (exact) mass is 250 g/mol. The fourth-order valence-electron chi connectivity index (χ4n) is 2.05. The van der Waals surface area contributed by atoms with Gasteiger partial charge in [-0.1, -0.05) is 24.3 Å². The smallest absolute Gasteiger partial charge is 0.123 e. The molecule has 1 heterocycles. The van der Waals surface area contributed by atoms with Crippen LogP contribution in [0.5, 0.6) is 0 Å². The van der Waals surface area contributed by atoms with E-state index in [9.17, 15) is 9.50 Å². The summed E-state index contributed by atoms with van der Waals surface area (Å²) in [7, 11) is 0. The van der Waals surface area contributed by atoms with Crippen molar-refractivity contribution in [3.05, 3.63) is 41.7 Å². The molecule has 3 nitrogen and oxygen atoms in total. The molecule has 2 rings (SSSR count). The first-order valence-corrected chi connectivity index (χ1v) is 6.27. The highest BCUT2D eigenvalue weighted by Crippen LogP contribution is 2.07. The summed E-state index contributed by atoms with van der Waals surface area (Å²) in [5.74, 6) is 0.0808. The number of halogens is 1. The van der Waals surface area contributed by atoms with Crippen LogP contribution in [0.4, 0.5) is 4.39 Å². The van der Waals surface area contributed by atoms with Crippen LogP contribution in [-0.2, 0) is 0 Å². The minimum absolute atomic E-state index is 0.215. The molecule has 0 radical (unpaired) electrons. The zero-order valence-corrected chi connectivity index (χ0v) is 10.3. The first-order valence-electron chi connectivity index (χ1n) is 6.27. The van der Waals surface area contributed by atoms with Crippen LogP contribution in [0.1, 0.15) is 5.56 Å². The number of hydrogen-bond acceptors (Lipinski definition) is 3. The van der Waals surface area contributed by atoms with E-state index >= 15 is 0 Å². The van der Waals surface area contributed by atoms with E-state index in [1.165, 1.54) is 12.1 Å². The Hall–Kier alpha value is -1.23. The van der Waals surface area contributed by atoms with Crippen molar-refractivity contribution in [3.63, 3.8) is 0 Å². The predicted octanol–water partition coefficient (Wildman–Crippen LogP) is 1.01. The Balaban J connectivity index is 1.67. The highest BCUT2D eigenvalue weighted by atomic mass is 19.1. The molecule has 1 aromatic rings. The molecule has 1 fully saturated rings. The number of hydrogen-bond donors (Lipinski definition) is 3. The molecule has 2 unspecified atom stereocenters. The summed E-state index contributed by atoms with van der Waals surface area (Å²) in [5, 5.41) is 16.0. The molecule has 2 atom stereocenters. The van der Waals surface area contributed by atoms with E-state index in [0.29, 0.717) is 12.5 Å². The minimum Gasteiger partial charge on any atom is -0.391 e. The second-order valence-electron chi connectivity index (χ2n) is 4.60. The van der Waals surface area contributed by atoms with Gasteiger partial charge in [-0.3, -0.25) is 0 Å². The highest BCUT2D eigenvalue weighted by Gasteiger charge is 2.23. The molecule has 18 heavy (non-hydrogen) atoms. The van der Waals surface area contributed by atoms with Gasteiger partial charge in [0.2, 0.25) is 0 Å². The molecule has 0 aromatic heterocycles. The Morgan fingerprint density at radius 3 is 2.78 bits per heavy atom. The third-order valence-corrected chi connectivity index (χ3v) is 3.15. The first-order chi connectivity index (χ1) is 8.75. The maximum Gasteiger partial charge on any atom is 0.123 e. The molecule has 1 aromatic carbocycles. The molecule has 1 saturated heterocycles. The van der Waals surface area contributed by atoms with Crippen molar-refractivity contribution >= 4 is 6.08 Å². The molecule has 3 N–H and O–H groups in total. The first kappa shape index (κ1) is 13.2. The molecular formula is C14H19FN2O. The van der Waals surface area contributed by atoms with Crippen LogP contribution in [0.2, 0.25) is 0 Å². The number of β-amino-alcohol motifs (C(OH)–C–C–N with tert-alkyl or cyclic N) is 1. The summed E-state index contributed by atoms with van der Waals surface area (Å²) in [6.45, 7) is 3.12. The Morgan fingerprint density at radius 1 is 1.33 bits per heavy atom. The van der Waals surface area contributed by atoms with Gasteiger partial charge in [0.15, 0.2) is 0 Å². The Kier molecular flexibility index (Phi) is 4.87. The maximum atomic E-state index is 12.7. The van der Waals surface area contributed by atoms with Crippen LogP contribution in [0.25, 0.3) is 6.08 Å². The molecule has 4 heteroatoms. The third-order valence-electron chi connectivity index (χ3n) is 3.15. The molecule has 0 aliphatic carbocycles. The number of rotatable bonds is 5. The van der Waals surface area contributed by atoms with Gasteiger partial charge in [0.25, 0.3) is 0 Å². The van der Waals surface area contributed by atoms with Gasteiger partial charge in [-0.15, -0.1) is 0 Å². The van der Waals surface area contributed by atoms with Gasteiger partial charge >= 0.3 is 0 Å². The van der Waals surface area contributed by atoms with Crippen LogP contribution < -0.4 is 10.6 Å². The second kappa shape index (κ2) is 6.64. The van der Waals surface area contributed by atoms with Gasteiger partial charge in [0, 0.05) is 32.1 Å². The van der Waals surface area contributed by atoms with Crippen molar-refractivity contribution in [1.82, 2.24) is 10.6 Å². The summed E-state index contributed by atoms with van der Waals surface area (Å²) in [6, 6.07) is 6.40. The van der Waals surface area contributed by atoms with Crippen molar-refractivity contribution in [3.8, 4) is 0 Å². The van der Waals surface area contributed by atoms with E-state index < -0.39 is 0 Å². The van der Waals surface area contributed by atoms with Crippen LogP contribution in [0.15, 0.2) is 30.3 Å². The van der Waals surface area contributed by atoms with E-state index in [1.807, 2.05) is 12.2 Å². The summed E-state index contributed by atoms with van der Waals surface area (Å²) in [6.07, 6.45) is 3.72. The zero-order chi connectivity index (χ0) is 12.8. The average Bonchev–Trinajstić information content (AvgIpc) is 2.77. The van der Waals surface area contributed by atoms with Crippen molar-refractivity contribution in [2.75, 3.05) is 26.2 Å². The highest BCUT2D eigenvalue weighted by molar-refractivity contribution is 5.48. The Morgan fingerprint density at radius 2 is 2.11 bits per heavy atom. The molecule has 98 valence electrons. The lowest BCUT2D eigenvalue weighted by Gasteiger charge is -2.12. The van der Waals surface area contributed by atoms with E-state index in [4.69, 9.17) is 0 Å². The lowest BCUT2D eigenvalue weighted by atomic mass is 10.1. The average molecular weight is 250 g/mol. The van der Waals surface area contributed by atoms with Gasteiger partial charge in [0.05, 0.1) is 6.10 Å². The minimum atomic E-state index is -0.237. The summed E-state index contributed by atoms with van der Waals surface area (Å²) >= 11 is 0. The number of nitrogens with one attached hydrogen (secondary N) is 2. The molecular weight excluding hydrogens is 231 g/mol. The van der Waals surface area contributed by atoms with Crippen LogP contribution >= 0.6 is 0 Å². The molecule has 0 bridgehead atoms. The maximum absolute atomic E-state index is 12.7. The fourth-order valence-corrected chi connectivity index (χ4v) is 2.05. The predicted molar refractivity (Wildman–Crippen MR) is 70.7 cm³/mol. The topological polar surface area (TPSA) is 44.3 Å².